The fraction of sp³-hybridized carbons (Fsp3) is 0.600. The molecule has 0 bridgehead atoms. The summed E-state index contributed by atoms with van der Waals surface area (Å²) in [5.74, 6) is -3.26. The number of carbonyl (C=O) groups is 2. The van der Waals surface area contributed by atoms with Crippen molar-refractivity contribution in [2.24, 2.45) is 0 Å². The first-order valence-electron chi connectivity index (χ1n) is 9.55. The van der Waals surface area contributed by atoms with Crippen LogP contribution in [0.1, 0.15) is 16.8 Å². The molecule has 0 unspecified atom stereocenters. The van der Waals surface area contributed by atoms with E-state index in [-0.39, 0.29) is 17.9 Å². The lowest BCUT2D eigenvalue weighted by atomic mass is 10.0. The van der Waals surface area contributed by atoms with Crippen LogP contribution in [0.15, 0.2) is 30.3 Å². The lowest BCUT2D eigenvalue weighted by Gasteiger charge is -2.46. The molecule has 0 aromatic heterocycles. The summed E-state index contributed by atoms with van der Waals surface area (Å²) < 4.78 is 28.2. The maximum atomic E-state index is 14.1. The lowest BCUT2D eigenvalue weighted by Crippen LogP contribution is -2.63. The Balaban J connectivity index is 1.62. The van der Waals surface area contributed by atoms with Gasteiger partial charge in [-0.2, -0.15) is 0 Å². The standard InChI is InChI=1S/C20H28F2N4O2/c1-23(2)9-10-24(3)19(28)17-11-20(21,22)14-26(17)16-12-25(13-16)18(27)15-7-5-4-6-8-15/h4-8,16-17H,9-14H2,1-3H3/t17-/m0/s1. The highest BCUT2D eigenvalue weighted by Crippen LogP contribution is 2.36. The smallest absolute Gasteiger partial charge is 0.262 e. The summed E-state index contributed by atoms with van der Waals surface area (Å²) in [6, 6.07) is 7.87. The summed E-state index contributed by atoms with van der Waals surface area (Å²) in [6.07, 6.45) is -0.457. The first kappa shape index (κ1) is 20.7. The van der Waals surface area contributed by atoms with Gasteiger partial charge < -0.3 is 14.7 Å². The zero-order chi connectivity index (χ0) is 20.5. The van der Waals surface area contributed by atoms with Crippen molar-refractivity contribution in [3.8, 4) is 0 Å². The second-order valence-corrected chi connectivity index (χ2v) is 8.04. The highest BCUT2D eigenvalue weighted by Gasteiger charge is 2.53. The molecule has 0 N–H and O–H groups in total. The highest BCUT2D eigenvalue weighted by atomic mass is 19.3. The summed E-state index contributed by atoms with van der Waals surface area (Å²) in [5.41, 5.74) is 0.587. The van der Waals surface area contributed by atoms with Crippen LogP contribution in [0.2, 0.25) is 0 Å². The summed E-state index contributed by atoms with van der Waals surface area (Å²) in [5, 5.41) is 0. The van der Waals surface area contributed by atoms with Crippen LogP contribution in [0.3, 0.4) is 0 Å². The molecule has 154 valence electrons. The summed E-state index contributed by atoms with van der Waals surface area (Å²) >= 11 is 0. The number of carbonyl (C=O) groups excluding carboxylic acids is 2. The van der Waals surface area contributed by atoms with Crippen molar-refractivity contribution in [2.45, 2.75) is 24.4 Å². The number of nitrogens with zero attached hydrogens (tertiary/aromatic N) is 4. The number of hydrogen-bond donors (Lipinski definition) is 0. The van der Waals surface area contributed by atoms with Gasteiger partial charge in [0.2, 0.25) is 5.91 Å². The van der Waals surface area contributed by atoms with Crippen molar-refractivity contribution in [1.29, 1.82) is 0 Å². The first-order chi connectivity index (χ1) is 13.2. The maximum Gasteiger partial charge on any atom is 0.262 e. The number of likely N-dealkylation sites (N-methyl/N-ethyl adjacent to an activating group) is 2. The topological polar surface area (TPSA) is 47.1 Å². The number of alkyl halides is 2. The van der Waals surface area contributed by atoms with Crippen molar-refractivity contribution in [3.05, 3.63) is 35.9 Å². The van der Waals surface area contributed by atoms with Crippen LogP contribution < -0.4 is 0 Å². The van der Waals surface area contributed by atoms with Crippen molar-refractivity contribution in [2.75, 3.05) is 53.9 Å². The van der Waals surface area contributed by atoms with Gasteiger partial charge in [0, 0.05) is 51.3 Å². The molecular formula is C20H28F2N4O2. The van der Waals surface area contributed by atoms with Crippen molar-refractivity contribution in [3.63, 3.8) is 0 Å². The molecule has 2 amide bonds. The number of likely N-dealkylation sites (tertiary alicyclic amines) is 2. The van der Waals surface area contributed by atoms with Gasteiger partial charge in [0.05, 0.1) is 12.6 Å². The van der Waals surface area contributed by atoms with Gasteiger partial charge in [-0.15, -0.1) is 0 Å². The second-order valence-electron chi connectivity index (χ2n) is 8.04. The van der Waals surface area contributed by atoms with Gasteiger partial charge in [-0.3, -0.25) is 14.5 Å². The van der Waals surface area contributed by atoms with E-state index < -0.39 is 24.9 Å². The summed E-state index contributed by atoms with van der Waals surface area (Å²) in [7, 11) is 5.47. The van der Waals surface area contributed by atoms with Gasteiger partial charge in [-0.25, -0.2) is 8.78 Å². The average Bonchev–Trinajstić information content (AvgIpc) is 2.93. The Labute approximate surface area is 164 Å². The third-order valence-corrected chi connectivity index (χ3v) is 5.49. The van der Waals surface area contributed by atoms with Crippen LogP contribution in [0.4, 0.5) is 8.78 Å². The Hall–Kier alpha value is -2.06. The van der Waals surface area contributed by atoms with Gasteiger partial charge in [0.25, 0.3) is 11.8 Å². The quantitative estimate of drug-likeness (QED) is 0.729. The minimum atomic E-state index is -2.88. The summed E-state index contributed by atoms with van der Waals surface area (Å²) in [6.45, 7) is 1.48. The predicted molar refractivity (Wildman–Crippen MR) is 102 cm³/mol. The van der Waals surface area contributed by atoms with E-state index in [9.17, 15) is 18.4 Å². The van der Waals surface area contributed by atoms with E-state index >= 15 is 0 Å². The van der Waals surface area contributed by atoms with Gasteiger partial charge in [-0.05, 0) is 26.2 Å². The SMILES string of the molecule is CN(C)CCN(C)C(=O)[C@@H]1CC(F)(F)CN1C1CN(C(=O)c2ccccc2)C1. The monoisotopic (exact) mass is 394 g/mol. The number of amides is 2. The third kappa shape index (κ3) is 4.50. The number of halogens is 2. The zero-order valence-electron chi connectivity index (χ0n) is 16.6. The molecule has 1 aromatic rings. The molecule has 0 aliphatic carbocycles. The second kappa shape index (κ2) is 8.13. The number of hydrogen-bond acceptors (Lipinski definition) is 4. The minimum Gasteiger partial charge on any atom is -0.343 e. The molecule has 2 fully saturated rings. The van der Waals surface area contributed by atoms with E-state index in [0.717, 1.165) is 0 Å². The van der Waals surface area contributed by atoms with E-state index in [4.69, 9.17) is 0 Å². The van der Waals surface area contributed by atoms with Crippen LogP contribution >= 0.6 is 0 Å². The molecule has 1 atom stereocenters. The Morgan fingerprint density at radius 2 is 1.75 bits per heavy atom. The molecule has 2 saturated heterocycles. The highest BCUT2D eigenvalue weighted by molar-refractivity contribution is 5.94. The predicted octanol–water partition coefficient (Wildman–Crippen LogP) is 1.24. The molecule has 8 heteroatoms. The fourth-order valence-corrected chi connectivity index (χ4v) is 3.76. The Bertz CT molecular complexity index is 707. The largest absolute Gasteiger partial charge is 0.343 e. The van der Waals surface area contributed by atoms with Crippen molar-refractivity contribution >= 4 is 11.8 Å². The molecule has 6 nitrogen and oxygen atoms in total. The molecule has 28 heavy (non-hydrogen) atoms. The van der Waals surface area contributed by atoms with Crippen LogP contribution in [-0.4, -0.2) is 103 Å². The molecule has 2 aliphatic rings. The molecule has 2 aliphatic heterocycles. The van der Waals surface area contributed by atoms with Crippen LogP contribution in [0.5, 0.6) is 0 Å². The summed E-state index contributed by atoms with van der Waals surface area (Å²) in [4.78, 5) is 32.0. The molecule has 0 spiro atoms. The van der Waals surface area contributed by atoms with E-state index in [2.05, 4.69) is 0 Å². The minimum absolute atomic E-state index is 0.103. The normalized spacial score (nSPS) is 22.4. The fourth-order valence-electron chi connectivity index (χ4n) is 3.76. The Morgan fingerprint density at radius 3 is 2.36 bits per heavy atom. The van der Waals surface area contributed by atoms with Crippen molar-refractivity contribution < 1.29 is 18.4 Å². The van der Waals surface area contributed by atoms with Crippen LogP contribution in [0.25, 0.3) is 0 Å². The zero-order valence-corrected chi connectivity index (χ0v) is 16.6. The lowest BCUT2D eigenvalue weighted by molar-refractivity contribution is -0.136. The van der Waals surface area contributed by atoms with E-state index in [1.165, 1.54) is 4.90 Å². The van der Waals surface area contributed by atoms with Gasteiger partial charge in [0.15, 0.2) is 0 Å². The van der Waals surface area contributed by atoms with Crippen LogP contribution in [-0.2, 0) is 4.79 Å². The van der Waals surface area contributed by atoms with E-state index in [0.29, 0.717) is 31.7 Å². The Morgan fingerprint density at radius 1 is 1.11 bits per heavy atom. The first-order valence-corrected chi connectivity index (χ1v) is 9.55. The number of rotatable bonds is 6. The molecule has 0 radical (unpaired) electrons. The number of benzene rings is 1. The molecular weight excluding hydrogens is 366 g/mol. The maximum absolute atomic E-state index is 14.1. The van der Waals surface area contributed by atoms with Gasteiger partial charge in [0.1, 0.15) is 0 Å². The van der Waals surface area contributed by atoms with Crippen LogP contribution in [0, 0.1) is 0 Å². The molecule has 3 rings (SSSR count). The Kier molecular flexibility index (Phi) is 6.00. The van der Waals surface area contributed by atoms with E-state index in [1.54, 1.807) is 41.1 Å². The van der Waals surface area contributed by atoms with Gasteiger partial charge >= 0.3 is 0 Å². The molecule has 0 saturated carbocycles. The van der Waals surface area contributed by atoms with E-state index in [1.807, 2.05) is 25.1 Å². The third-order valence-electron chi connectivity index (χ3n) is 5.49. The van der Waals surface area contributed by atoms with Crippen molar-refractivity contribution in [1.82, 2.24) is 19.6 Å². The molecule has 1 aromatic carbocycles. The van der Waals surface area contributed by atoms with Gasteiger partial charge in [-0.1, -0.05) is 18.2 Å². The molecule has 2 heterocycles. The average molecular weight is 394 g/mol.